The molecule has 0 saturated heterocycles. The minimum Gasteiger partial charge on any atom is -0.480 e. The lowest BCUT2D eigenvalue weighted by Gasteiger charge is -2.28. The quantitative estimate of drug-likeness (QED) is 0.601. The standard InChI is InChI=1S/C9H19NO3/c1-8(2,3)5-10-9(4,6-11)7(12)13/h10-11H,5-6H2,1-4H3,(H,12,13). The first-order valence-electron chi connectivity index (χ1n) is 4.30. The van der Waals surface area contributed by atoms with E-state index in [2.05, 4.69) is 5.32 Å². The Labute approximate surface area is 79.0 Å². The molecule has 0 fully saturated rings. The molecular formula is C9H19NO3. The van der Waals surface area contributed by atoms with Gasteiger partial charge in [0.25, 0.3) is 0 Å². The van der Waals surface area contributed by atoms with E-state index in [0.29, 0.717) is 6.54 Å². The number of aliphatic carboxylic acids is 1. The highest BCUT2D eigenvalue weighted by Gasteiger charge is 2.32. The predicted octanol–water partition coefficient (Wildman–Crippen LogP) is 0.458. The minimum atomic E-state index is -1.23. The predicted molar refractivity (Wildman–Crippen MR) is 50.6 cm³/mol. The molecule has 0 saturated carbocycles. The van der Waals surface area contributed by atoms with Gasteiger partial charge in [0.15, 0.2) is 0 Å². The largest absolute Gasteiger partial charge is 0.480 e. The van der Waals surface area contributed by atoms with Crippen LogP contribution in [0.3, 0.4) is 0 Å². The highest BCUT2D eigenvalue weighted by molar-refractivity contribution is 5.78. The van der Waals surface area contributed by atoms with Crippen molar-refractivity contribution in [2.45, 2.75) is 33.2 Å². The molecule has 13 heavy (non-hydrogen) atoms. The molecule has 78 valence electrons. The lowest BCUT2D eigenvalue weighted by atomic mass is 9.94. The second kappa shape index (κ2) is 4.07. The average Bonchev–Trinajstić information content (AvgIpc) is 1.98. The smallest absolute Gasteiger partial charge is 0.326 e. The topological polar surface area (TPSA) is 69.6 Å². The summed E-state index contributed by atoms with van der Waals surface area (Å²) in [4.78, 5) is 10.7. The lowest BCUT2D eigenvalue weighted by molar-refractivity contribution is -0.146. The summed E-state index contributed by atoms with van der Waals surface area (Å²) in [5.41, 5.74) is -1.22. The van der Waals surface area contributed by atoms with Gasteiger partial charge in [0.2, 0.25) is 0 Å². The molecule has 0 rings (SSSR count). The second-order valence-electron chi connectivity index (χ2n) is 4.71. The van der Waals surface area contributed by atoms with Crippen molar-refractivity contribution in [3.05, 3.63) is 0 Å². The summed E-state index contributed by atoms with van der Waals surface area (Å²) < 4.78 is 0. The van der Waals surface area contributed by atoms with Crippen molar-refractivity contribution in [1.82, 2.24) is 5.32 Å². The summed E-state index contributed by atoms with van der Waals surface area (Å²) in [5.74, 6) is -1.03. The number of carboxylic acid groups (broad SMARTS) is 1. The van der Waals surface area contributed by atoms with E-state index < -0.39 is 18.1 Å². The van der Waals surface area contributed by atoms with Gasteiger partial charge in [-0.1, -0.05) is 20.8 Å². The molecule has 1 unspecified atom stereocenters. The number of hydrogen-bond donors (Lipinski definition) is 3. The summed E-state index contributed by atoms with van der Waals surface area (Å²) in [7, 11) is 0. The molecule has 0 aliphatic carbocycles. The molecule has 3 N–H and O–H groups in total. The van der Waals surface area contributed by atoms with E-state index in [4.69, 9.17) is 10.2 Å². The van der Waals surface area contributed by atoms with Crippen molar-refractivity contribution in [1.29, 1.82) is 0 Å². The summed E-state index contributed by atoms with van der Waals surface area (Å²) >= 11 is 0. The van der Waals surface area contributed by atoms with Crippen molar-refractivity contribution in [2.75, 3.05) is 13.2 Å². The van der Waals surface area contributed by atoms with E-state index in [9.17, 15) is 4.79 Å². The molecule has 0 radical (unpaired) electrons. The maximum atomic E-state index is 10.7. The van der Waals surface area contributed by atoms with E-state index in [0.717, 1.165) is 0 Å². The molecule has 1 atom stereocenters. The Balaban J connectivity index is 4.22. The third-order valence-corrected chi connectivity index (χ3v) is 1.80. The molecule has 4 nitrogen and oxygen atoms in total. The highest BCUT2D eigenvalue weighted by atomic mass is 16.4. The van der Waals surface area contributed by atoms with Gasteiger partial charge in [-0.05, 0) is 12.3 Å². The Morgan fingerprint density at radius 1 is 1.31 bits per heavy atom. The van der Waals surface area contributed by atoms with Crippen molar-refractivity contribution >= 4 is 5.97 Å². The Hall–Kier alpha value is -0.610. The summed E-state index contributed by atoms with van der Waals surface area (Å²) in [5, 5.41) is 20.6. The van der Waals surface area contributed by atoms with Crippen LogP contribution in [0.5, 0.6) is 0 Å². The first kappa shape index (κ1) is 12.4. The van der Waals surface area contributed by atoms with E-state index in [1.54, 1.807) is 0 Å². The average molecular weight is 189 g/mol. The van der Waals surface area contributed by atoms with Crippen LogP contribution in [0.15, 0.2) is 0 Å². The van der Waals surface area contributed by atoms with Gasteiger partial charge in [-0.15, -0.1) is 0 Å². The molecule has 0 aromatic heterocycles. The SMILES string of the molecule is CC(C)(C)CNC(C)(CO)C(=O)O. The maximum Gasteiger partial charge on any atom is 0.326 e. The fourth-order valence-corrected chi connectivity index (χ4v) is 0.659. The van der Waals surface area contributed by atoms with E-state index in [-0.39, 0.29) is 5.41 Å². The third-order valence-electron chi connectivity index (χ3n) is 1.80. The number of aliphatic hydroxyl groups is 1. The van der Waals surface area contributed by atoms with Crippen LogP contribution in [-0.4, -0.2) is 34.9 Å². The minimum absolute atomic E-state index is 0.00583. The van der Waals surface area contributed by atoms with Crippen molar-refractivity contribution in [3.8, 4) is 0 Å². The summed E-state index contributed by atoms with van der Waals surface area (Å²) in [6, 6.07) is 0. The van der Waals surface area contributed by atoms with Gasteiger partial charge < -0.3 is 10.2 Å². The zero-order valence-electron chi connectivity index (χ0n) is 8.72. The van der Waals surface area contributed by atoms with Gasteiger partial charge in [0.05, 0.1) is 6.61 Å². The molecule has 0 spiro atoms. The van der Waals surface area contributed by atoms with E-state index in [1.165, 1.54) is 6.92 Å². The van der Waals surface area contributed by atoms with Gasteiger partial charge in [-0.3, -0.25) is 10.1 Å². The van der Waals surface area contributed by atoms with Crippen molar-refractivity contribution in [3.63, 3.8) is 0 Å². The highest BCUT2D eigenvalue weighted by Crippen LogP contribution is 2.13. The molecule has 0 bridgehead atoms. The second-order valence-corrected chi connectivity index (χ2v) is 4.71. The summed E-state index contributed by atoms with van der Waals surface area (Å²) in [6.45, 7) is 7.62. The first-order valence-corrected chi connectivity index (χ1v) is 4.30. The Morgan fingerprint density at radius 2 is 1.77 bits per heavy atom. The lowest BCUT2D eigenvalue weighted by Crippen LogP contribution is -2.54. The molecule has 0 heterocycles. The fourth-order valence-electron chi connectivity index (χ4n) is 0.659. The summed E-state index contributed by atoms with van der Waals surface area (Å²) in [6.07, 6.45) is 0. The van der Waals surface area contributed by atoms with Crippen LogP contribution in [0.4, 0.5) is 0 Å². The Morgan fingerprint density at radius 3 is 2.00 bits per heavy atom. The molecular weight excluding hydrogens is 170 g/mol. The molecule has 4 heteroatoms. The van der Waals surface area contributed by atoms with Crippen LogP contribution in [0, 0.1) is 5.41 Å². The van der Waals surface area contributed by atoms with Gasteiger partial charge in [-0.25, -0.2) is 0 Å². The Bertz CT molecular complexity index is 186. The van der Waals surface area contributed by atoms with Crippen LogP contribution >= 0.6 is 0 Å². The number of rotatable bonds is 4. The third kappa shape index (κ3) is 4.24. The molecule has 0 aliphatic heterocycles. The van der Waals surface area contributed by atoms with Gasteiger partial charge in [0, 0.05) is 6.54 Å². The molecule has 0 amide bonds. The van der Waals surface area contributed by atoms with E-state index in [1.807, 2.05) is 20.8 Å². The Kier molecular flexibility index (Phi) is 3.88. The molecule has 0 aromatic rings. The van der Waals surface area contributed by atoms with Crippen molar-refractivity contribution < 1.29 is 15.0 Å². The number of aliphatic hydroxyl groups excluding tert-OH is 1. The van der Waals surface area contributed by atoms with Crippen LogP contribution < -0.4 is 5.32 Å². The van der Waals surface area contributed by atoms with E-state index >= 15 is 0 Å². The fraction of sp³-hybridized carbons (Fsp3) is 0.889. The van der Waals surface area contributed by atoms with Crippen LogP contribution in [-0.2, 0) is 4.79 Å². The molecule has 0 aromatic carbocycles. The number of hydrogen-bond acceptors (Lipinski definition) is 3. The first-order chi connectivity index (χ1) is 5.71. The normalized spacial score (nSPS) is 16.7. The molecule has 0 aliphatic rings. The zero-order valence-corrected chi connectivity index (χ0v) is 8.72. The van der Waals surface area contributed by atoms with Gasteiger partial charge >= 0.3 is 5.97 Å². The number of carbonyl (C=O) groups is 1. The van der Waals surface area contributed by atoms with Gasteiger partial charge in [-0.2, -0.15) is 0 Å². The van der Waals surface area contributed by atoms with Crippen molar-refractivity contribution in [2.24, 2.45) is 5.41 Å². The van der Waals surface area contributed by atoms with Crippen LogP contribution in [0.1, 0.15) is 27.7 Å². The maximum absolute atomic E-state index is 10.7. The van der Waals surface area contributed by atoms with Gasteiger partial charge in [0.1, 0.15) is 5.54 Å². The van der Waals surface area contributed by atoms with Crippen LogP contribution in [0.25, 0.3) is 0 Å². The monoisotopic (exact) mass is 189 g/mol. The number of carboxylic acids is 1. The number of nitrogens with one attached hydrogen (secondary N) is 1. The zero-order chi connectivity index (χ0) is 10.7. The van der Waals surface area contributed by atoms with Crippen LogP contribution in [0.2, 0.25) is 0 Å².